The van der Waals surface area contributed by atoms with Gasteiger partial charge in [0.1, 0.15) is 0 Å². The number of carbonyl (C=O) groups is 1. The second-order valence-electron chi connectivity index (χ2n) is 4.16. The average molecular weight is 201 g/mol. The molecule has 2 unspecified atom stereocenters. The Morgan fingerprint density at radius 2 is 2.36 bits per heavy atom. The van der Waals surface area contributed by atoms with Gasteiger partial charge >= 0.3 is 0 Å². The molecule has 1 N–H and O–H groups in total. The molecule has 0 bridgehead atoms. The van der Waals surface area contributed by atoms with Gasteiger partial charge in [0, 0.05) is 14.0 Å². The highest BCUT2D eigenvalue weighted by Gasteiger charge is 2.24. The van der Waals surface area contributed by atoms with E-state index in [-0.39, 0.29) is 25.4 Å². The van der Waals surface area contributed by atoms with Gasteiger partial charge < -0.3 is 10.1 Å². The lowest BCUT2D eigenvalue weighted by molar-refractivity contribution is -0.126. The fraction of sp³-hybridized carbons (Fsp3) is 0.909. The van der Waals surface area contributed by atoms with Crippen LogP contribution >= 0.6 is 0 Å². The molecule has 3 nitrogen and oxygen atoms in total. The second-order valence-corrected chi connectivity index (χ2v) is 4.16. The quantitative estimate of drug-likeness (QED) is 0.755. The molecule has 14 heavy (non-hydrogen) atoms. The predicted molar refractivity (Wildman–Crippen MR) is 58.1 cm³/mol. The average Bonchev–Trinajstić information content (AvgIpc) is 2.69. The topological polar surface area (TPSA) is 38.3 Å². The standard InChI is InChI=1S/C11H21NO2.H2/c1-4-8(2)11(13)12-9(3)10-6-5-7-14-10;/h8-10H,4-7H2,1-3H3,(H,12,13);1H/t8?,9-,10?;/m0./s1. The smallest absolute Gasteiger partial charge is 0.223 e. The van der Waals surface area contributed by atoms with Gasteiger partial charge in [-0.15, -0.1) is 0 Å². The van der Waals surface area contributed by atoms with Gasteiger partial charge in [-0.3, -0.25) is 4.79 Å². The molecule has 0 aromatic heterocycles. The number of hydrogen-bond acceptors (Lipinski definition) is 2. The van der Waals surface area contributed by atoms with Gasteiger partial charge in [-0.2, -0.15) is 0 Å². The Bertz CT molecular complexity index is 193. The molecule has 3 heteroatoms. The molecule has 1 amide bonds. The van der Waals surface area contributed by atoms with Crippen molar-refractivity contribution in [3.05, 3.63) is 0 Å². The zero-order chi connectivity index (χ0) is 10.6. The van der Waals surface area contributed by atoms with E-state index in [2.05, 4.69) is 5.32 Å². The minimum Gasteiger partial charge on any atom is -0.376 e. The lowest BCUT2D eigenvalue weighted by Crippen LogP contribution is -2.43. The van der Waals surface area contributed by atoms with Crippen LogP contribution in [-0.4, -0.2) is 24.7 Å². The van der Waals surface area contributed by atoms with Gasteiger partial charge in [-0.1, -0.05) is 13.8 Å². The Labute approximate surface area is 87.7 Å². The normalized spacial score (nSPS) is 25.8. The van der Waals surface area contributed by atoms with E-state index < -0.39 is 0 Å². The molecule has 1 heterocycles. The van der Waals surface area contributed by atoms with Crippen molar-refractivity contribution in [3.63, 3.8) is 0 Å². The minimum atomic E-state index is 0. The summed E-state index contributed by atoms with van der Waals surface area (Å²) in [6.45, 7) is 6.85. The molecule has 0 spiro atoms. The summed E-state index contributed by atoms with van der Waals surface area (Å²) in [5, 5.41) is 3.01. The number of rotatable bonds is 4. The van der Waals surface area contributed by atoms with E-state index in [1.54, 1.807) is 0 Å². The third-order valence-electron chi connectivity index (χ3n) is 2.95. The van der Waals surface area contributed by atoms with Crippen LogP contribution in [0.1, 0.15) is 41.5 Å². The van der Waals surface area contributed by atoms with Crippen LogP contribution in [0.25, 0.3) is 0 Å². The molecule has 0 aliphatic carbocycles. The zero-order valence-corrected chi connectivity index (χ0v) is 9.38. The van der Waals surface area contributed by atoms with E-state index >= 15 is 0 Å². The number of nitrogens with one attached hydrogen (secondary N) is 1. The fourth-order valence-corrected chi connectivity index (χ4v) is 1.64. The molecule has 0 radical (unpaired) electrons. The molecule has 1 aliphatic rings. The van der Waals surface area contributed by atoms with E-state index in [0.717, 1.165) is 25.9 Å². The van der Waals surface area contributed by atoms with E-state index in [1.165, 1.54) is 0 Å². The van der Waals surface area contributed by atoms with Gasteiger partial charge in [-0.05, 0) is 26.2 Å². The van der Waals surface area contributed by atoms with Crippen LogP contribution in [0, 0.1) is 5.92 Å². The maximum absolute atomic E-state index is 11.6. The molecule has 0 saturated carbocycles. The summed E-state index contributed by atoms with van der Waals surface area (Å²) in [5.74, 6) is 0.259. The Balaban J connectivity index is 0.00000196. The van der Waals surface area contributed by atoms with Crippen LogP contribution in [0.15, 0.2) is 0 Å². The highest BCUT2D eigenvalue weighted by atomic mass is 16.5. The van der Waals surface area contributed by atoms with Gasteiger partial charge in [0.25, 0.3) is 0 Å². The van der Waals surface area contributed by atoms with Crippen molar-refractivity contribution in [2.75, 3.05) is 6.61 Å². The SMILES string of the molecule is CCC(C)C(=O)N[C@@H](C)C1CCCO1.[HH]. The van der Waals surface area contributed by atoms with Crippen molar-refractivity contribution >= 4 is 5.91 Å². The maximum Gasteiger partial charge on any atom is 0.223 e. The second kappa shape index (κ2) is 5.35. The summed E-state index contributed by atoms with van der Waals surface area (Å²) in [6.07, 6.45) is 3.31. The van der Waals surface area contributed by atoms with Gasteiger partial charge in [0.05, 0.1) is 12.1 Å². The molecule has 1 saturated heterocycles. The zero-order valence-electron chi connectivity index (χ0n) is 9.38. The lowest BCUT2D eigenvalue weighted by atomic mass is 10.1. The van der Waals surface area contributed by atoms with Crippen LogP contribution in [0.3, 0.4) is 0 Å². The minimum absolute atomic E-state index is 0. The van der Waals surface area contributed by atoms with E-state index in [1.807, 2.05) is 20.8 Å². The van der Waals surface area contributed by atoms with E-state index in [0.29, 0.717) is 0 Å². The van der Waals surface area contributed by atoms with Crippen LogP contribution in [0.5, 0.6) is 0 Å². The molecule has 1 aliphatic heterocycles. The first-order valence-corrected chi connectivity index (χ1v) is 5.57. The Morgan fingerprint density at radius 3 is 2.86 bits per heavy atom. The van der Waals surface area contributed by atoms with Crippen molar-refractivity contribution in [3.8, 4) is 0 Å². The van der Waals surface area contributed by atoms with Gasteiger partial charge in [0.2, 0.25) is 5.91 Å². The number of amides is 1. The van der Waals surface area contributed by atoms with Crippen molar-refractivity contribution in [1.82, 2.24) is 5.32 Å². The van der Waals surface area contributed by atoms with E-state index in [9.17, 15) is 4.79 Å². The highest BCUT2D eigenvalue weighted by Crippen LogP contribution is 2.15. The summed E-state index contributed by atoms with van der Waals surface area (Å²) >= 11 is 0. The van der Waals surface area contributed by atoms with E-state index in [4.69, 9.17) is 4.74 Å². The monoisotopic (exact) mass is 201 g/mol. The first-order valence-electron chi connectivity index (χ1n) is 5.57. The molecule has 0 aromatic rings. The molecule has 0 aromatic carbocycles. The molecular weight excluding hydrogens is 178 g/mol. The van der Waals surface area contributed by atoms with Crippen molar-refractivity contribution in [1.29, 1.82) is 0 Å². The summed E-state index contributed by atoms with van der Waals surface area (Å²) in [6, 6.07) is 0.152. The summed E-state index contributed by atoms with van der Waals surface area (Å²) in [7, 11) is 0. The first kappa shape index (κ1) is 11.5. The molecule has 1 rings (SSSR count). The molecule has 1 fully saturated rings. The van der Waals surface area contributed by atoms with Gasteiger partial charge in [0.15, 0.2) is 0 Å². The third-order valence-corrected chi connectivity index (χ3v) is 2.95. The first-order chi connectivity index (χ1) is 6.65. The molecule has 3 atom stereocenters. The summed E-state index contributed by atoms with van der Waals surface area (Å²) < 4.78 is 5.51. The van der Waals surface area contributed by atoms with Crippen molar-refractivity contribution in [2.24, 2.45) is 5.92 Å². The van der Waals surface area contributed by atoms with Crippen molar-refractivity contribution in [2.45, 2.75) is 52.2 Å². The number of ether oxygens (including phenoxy) is 1. The van der Waals surface area contributed by atoms with Crippen LogP contribution in [0.2, 0.25) is 0 Å². The lowest BCUT2D eigenvalue weighted by Gasteiger charge is -2.21. The van der Waals surface area contributed by atoms with Crippen LogP contribution < -0.4 is 5.32 Å². The molecular formula is C11H23NO2. The Kier molecular flexibility index (Phi) is 4.39. The number of hydrogen-bond donors (Lipinski definition) is 1. The largest absolute Gasteiger partial charge is 0.376 e. The van der Waals surface area contributed by atoms with Crippen LogP contribution in [0.4, 0.5) is 0 Å². The fourth-order valence-electron chi connectivity index (χ4n) is 1.64. The summed E-state index contributed by atoms with van der Waals surface area (Å²) in [4.78, 5) is 11.6. The van der Waals surface area contributed by atoms with Crippen LogP contribution in [-0.2, 0) is 9.53 Å². The third kappa shape index (κ3) is 2.98. The van der Waals surface area contributed by atoms with Crippen molar-refractivity contribution < 1.29 is 11.0 Å². The maximum atomic E-state index is 11.6. The predicted octanol–water partition coefficient (Wildman–Crippen LogP) is 1.96. The number of carbonyl (C=O) groups excluding carboxylic acids is 1. The Hall–Kier alpha value is -0.570. The summed E-state index contributed by atoms with van der Waals surface area (Å²) in [5.41, 5.74) is 0. The highest BCUT2D eigenvalue weighted by molar-refractivity contribution is 5.78. The van der Waals surface area contributed by atoms with Gasteiger partial charge in [-0.25, -0.2) is 0 Å². The Morgan fingerprint density at radius 1 is 1.64 bits per heavy atom. The molecule has 84 valence electrons.